The van der Waals surface area contributed by atoms with E-state index in [-0.39, 0.29) is 4.90 Å². The van der Waals surface area contributed by atoms with Crippen LogP contribution in [0.5, 0.6) is 0 Å². The lowest BCUT2D eigenvalue weighted by molar-refractivity contribution is -0.120. The van der Waals surface area contributed by atoms with Gasteiger partial charge >= 0.3 is 0 Å². The molecule has 1 fully saturated rings. The molecule has 1 saturated heterocycles. The van der Waals surface area contributed by atoms with Crippen molar-refractivity contribution in [2.45, 2.75) is 30.2 Å². The first-order valence-corrected chi connectivity index (χ1v) is 12.1. The fourth-order valence-electron chi connectivity index (χ4n) is 3.39. The molecule has 2 heterocycles. The Kier molecular flexibility index (Phi) is 6.14. The summed E-state index contributed by atoms with van der Waals surface area (Å²) in [6.45, 7) is 0.302. The van der Waals surface area contributed by atoms with E-state index in [9.17, 15) is 13.2 Å². The number of anilines is 1. The van der Waals surface area contributed by atoms with E-state index in [0.717, 1.165) is 12.0 Å². The Morgan fingerprint density at radius 1 is 1.07 bits per heavy atom. The first-order valence-electron chi connectivity index (χ1n) is 9.43. The topological polar surface area (TPSA) is 92.3 Å². The Morgan fingerprint density at radius 3 is 2.57 bits per heavy atom. The number of piperidine rings is 1. The van der Waals surface area contributed by atoms with Crippen molar-refractivity contribution in [2.75, 3.05) is 11.9 Å². The second-order valence-corrected chi connectivity index (χ2v) is 10.1. The van der Waals surface area contributed by atoms with Crippen molar-refractivity contribution >= 4 is 44.0 Å². The van der Waals surface area contributed by atoms with Crippen molar-refractivity contribution in [3.05, 3.63) is 59.6 Å². The molecule has 1 N–H and O–H groups in total. The molecule has 30 heavy (non-hydrogen) atoms. The lowest BCUT2D eigenvalue weighted by Crippen LogP contribution is -2.49. The minimum Gasteiger partial charge on any atom is -0.299 e. The summed E-state index contributed by atoms with van der Waals surface area (Å²) in [6.07, 6.45) is 1.94. The van der Waals surface area contributed by atoms with Gasteiger partial charge in [-0.2, -0.15) is 4.31 Å². The van der Waals surface area contributed by atoms with Gasteiger partial charge in [-0.15, -0.1) is 10.2 Å². The molecule has 0 saturated carbocycles. The van der Waals surface area contributed by atoms with E-state index in [1.807, 2.05) is 18.2 Å². The molecule has 1 aromatic heterocycles. The lowest BCUT2D eigenvalue weighted by Gasteiger charge is -2.33. The molecule has 0 bridgehead atoms. The maximum Gasteiger partial charge on any atom is 0.244 e. The Labute approximate surface area is 183 Å². The number of hydrogen-bond donors (Lipinski definition) is 1. The number of carbonyl (C=O) groups excluding carboxylic acids is 1. The lowest BCUT2D eigenvalue weighted by atomic mass is 10.0. The number of halogens is 1. The predicted molar refractivity (Wildman–Crippen MR) is 117 cm³/mol. The Morgan fingerprint density at radius 2 is 1.80 bits per heavy atom. The van der Waals surface area contributed by atoms with Crippen LogP contribution in [0.25, 0.3) is 10.6 Å². The van der Waals surface area contributed by atoms with E-state index in [2.05, 4.69) is 15.5 Å². The number of amides is 1. The van der Waals surface area contributed by atoms with Gasteiger partial charge < -0.3 is 0 Å². The van der Waals surface area contributed by atoms with Gasteiger partial charge in [-0.1, -0.05) is 65.8 Å². The number of rotatable bonds is 5. The Bertz CT molecular complexity index is 1150. The second kappa shape index (κ2) is 8.81. The number of nitrogens with zero attached hydrogens (tertiary/aromatic N) is 3. The molecule has 1 unspecified atom stereocenters. The molecule has 0 radical (unpaired) electrons. The van der Waals surface area contributed by atoms with Crippen molar-refractivity contribution < 1.29 is 13.2 Å². The van der Waals surface area contributed by atoms with Gasteiger partial charge in [0.2, 0.25) is 21.1 Å². The molecule has 1 amide bonds. The van der Waals surface area contributed by atoms with Crippen molar-refractivity contribution in [2.24, 2.45) is 0 Å². The fourth-order valence-corrected chi connectivity index (χ4v) is 6.13. The quantitative estimate of drug-likeness (QED) is 0.617. The monoisotopic (exact) mass is 462 g/mol. The molecule has 3 aromatic rings. The minimum atomic E-state index is -3.77. The van der Waals surface area contributed by atoms with Crippen molar-refractivity contribution in [3.63, 3.8) is 0 Å². The van der Waals surface area contributed by atoms with Gasteiger partial charge in [0.05, 0.1) is 9.92 Å². The molecule has 156 valence electrons. The molecule has 7 nitrogen and oxygen atoms in total. The molecule has 0 spiro atoms. The van der Waals surface area contributed by atoms with Gasteiger partial charge in [0.15, 0.2) is 5.01 Å². The molecule has 4 rings (SSSR count). The molecule has 1 aliphatic rings. The standard InChI is InChI=1S/C20H19ClN4O3S2/c21-16-11-5-4-10-15(16)19-23-24-20(29-19)22-18(26)17-12-6-7-13-25(17)30(27,28)14-8-2-1-3-9-14/h1-5,8-11,17H,6-7,12-13H2,(H,22,24,26). The first-order chi connectivity index (χ1) is 14.5. The zero-order valence-corrected chi connectivity index (χ0v) is 18.3. The zero-order chi connectivity index (χ0) is 21.1. The zero-order valence-electron chi connectivity index (χ0n) is 15.9. The van der Waals surface area contributed by atoms with E-state index in [1.165, 1.54) is 15.6 Å². The van der Waals surface area contributed by atoms with Crippen LogP contribution in [0.2, 0.25) is 5.02 Å². The summed E-state index contributed by atoms with van der Waals surface area (Å²) < 4.78 is 27.5. The first kappa shape index (κ1) is 20.9. The van der Waals surface area contributed by atoms with Crippen molar-refractivity contribution in [3.8, 4) is 10.6 Å². The van der Waals surface area contributed by atoms with E-state index in [0.29, 0.717) is 34.5 Å². The van der Waals surface area contributed by atoms with Crippen LogP contribution in [0, 0.1) is 0 Å². The largest absolute Gasteiger partial charge is 0.299 e. The minimum absolute atomic E-state index is 0.182. The highest BCUT2D eigenvalue weighted by Crippen LogP contribution is 2.32. The van der Waals surface area contributed by atoms with E-state index in [1.54, 1.807) is 36.4 Å². The predicted octanol–water partition coefficient (Wildman–Crippen LogP) is 4.04. The highest BCUT2D eigenvalue weighted by Gasteiger charge is 2.37. The maximum atomic E-state index is 13.1. The summed E-state index contributed by atoms with van der Waals surface area (Å²) >= 11 is 7.39. The average Bonchev–Trinajstić information content (AvgIpc) is 3.23. The molecule has 1 atom stereocenters. The molecule has 1 aliphatic heterocycles. The van der Waals surface area contributed by atoms with E-state index < -0.39 is 22.0 Å². The summed E-state index contributed by atoms with van der Waals surface area (Å²) in [7, 11) is -3.77. The van der Waals surface area contributed by atoms with Crippen LogP contribution < -0.4 is 5.32 Å². The molecule has 0 aliphatic carbocycles. The summed E-state index contributed by atoms with van der Waals surface area (Å²) in [5.74, 6) is -0.406. The van der Waals surface area contributed by atoms with Gasteiger partial charge in [-0.05, 0) is 31.0 Å². The van der Waals surface area contributed by atoms with E-state index >= 15 is 0 Å². The number of carbonyl (C=O) groups is 1. The van der Waals surface area contributed by atoms with Gasteiger partial charge in [0.1, 0.15) is 6.04 Å². The Hall–Kier alpha value is -2.33. The summed E-state index contributed by atoms with van der Waals surface area (Å²) in [4.78, 5) is 13.1. The third-order valence-electron chi connectivity index (χ3n) is 4.87. The van der Waals surface area contributed by atoms with Crippen LogP contribution in [-0.4, -0.2) is 41.4 Å². The molecule has 2 aromatic carbocycles. The van der Waals surface area contributed by atoms with Gasteiger partial charge in [0.25, 0.3) is 0 Å². The number of sulfonamides is 1. The van der Waals surface area contributed by atoms with Crippen molar-refractivity contribution in [1.82, 2.24) is 14.5 Å². The summed E-state index contributed by atoms with van der Waals surface area (Å²) in [5, 5.41) is 12.3. The Balaban J connectivity index is 1.54. The van der Waals surface area contributed by atoms with E-state index in [4.69, 9.17) is 11.6 Å². The maximum absolute atomic E-state index is 13.1. The second-order valence-electron chi connectivity index (χ2n) is 6.82. The smallest absolute Gasteiger partial charge is 0.244 e. The third-order valence-corrected chi connectivity index (χ3v) is 7.99. The van der Waals surface area contributed by atoms with Gasteiger partial charge in [-0.25, -0.2) is 8.42 Å². The van der Waals surface area contributed by atoms with Gasteiger partial charge in [-0.3, -0.25) is 10.1 Å². The fraction of sp³-hybridized carbons (Fsp3) is 0.250. The SMILES string of the molecule is O=C(Nc1nnc(-c2ccccc2Cl)s1)C1CCCCN1S(=O)(=O)c1ccccc1. The number of benzene rings is 2. The van der Waals surface area contributed by atoms with Crippen LogP contribution in [0.3, 0.4) is 0 Å². The molecular formula is C20H19ClN4O3S2. The van der Waals surface area contributed by atoms with Crippen LogP contribution >= 0.6 is 22.9 Å². The van der Waals surface area contributed by atoms with Gasteiger partial charge in [0, 0.05) is 12.1 Å². The highest BCUT2D eigenvalue weighted by molar-refractivity contribution is 7.89. The van der Waals surface area contributed by atoms with Crippen LogP contribution in [-0.2, 0) is 14.8 Å². The van der Waals surface area contributed by atoms with Crippen LogP contribution in [0.4, 0.5) is 5.13 Å². The number of aromatic nitrogens is 2. The number of nitrogens with one attached hydrogen (secondary N) is 1. The third kappa shape index (κ3) is 4.24. The molecular weight excluding hydrogens is 444 g/mol. The normalized spacial score (nSPS) is 17.6. The highest BCUT2D eigenvalue weighted by atomic mass is 35.5. The molecule has 10 heteroatoms. The summed E-state index contributed by atoms with van der Waals surface area (Å²) in [5.41, 5.74) is 0.725. The number of hydrogen-bond acceptors (Lipinski definition) is 6. The van der Waals surface area contributed by atoms with Crippen molar-refractivity contribution in [1.29, 1.82) is 0 Å². The average molecular weight is 463 g/mol. The van der Waals surface area contributed by atoms with Crippen LogP contribution in [0.15, 0.2) is 59.5 Å². The van der Waals surface area contributed by atoms with Crippen LogP contribution in [0.1, 0.15) is 19.3 Å². The summed E-state index contributed by atoms with van der Waals surface area (Å²) in [6, 6.07) is 14.6.